The molecule has 1 aromatic rings. The SMILES string of the molecule is CO[C@H]1/C=C/O[C@@]2(C)Oc3c(C)c(O)c4c(c3C2=O)C2=NC3(CCN(CC(C)C)CC3)NC2=C(NC(=O)/C(C)=C\C=C\[C@H](C)[C@H](O)[C@@H](C)[C@@H](O)[C@@H](C)[C@H](OC(=O)CC(=O)NCCCN(C)C)[C@@H]1C)C4=O. The van der Waals surface area contributed by atoms with Crippen LogP contribution in [0.1, 0.15) is 113 Å². The first-order chi connectivity index (χ1) is 32.9. The highest BCUT2D eigenvalue weighted by Crippen LogP contribution is 2.50. The Morgan fingerprint density at radius 2 is 1.67 bits per heavy atom. The number of hydrogen-bond donors (Lipinski definition) is 6. The number of phenolic OH excluding ortho intramolecular Hbond substituents is 1. The molecule has 1 spiro atoms. The van der Waals surface area contributed by atoms with Gasteiger partial charge in [-0.2, -0.15) is 0 Å². The topological polar surface area (TPSA) is 238 Å². The van der Waals surface area contributed by atoms with Crippen molar-refractivity contribution in [3.05, 3.63) is 69.8 Å². The summed E-state index contributed by atoms with van der Waals surface area (Å²) in [6, 6.07) is 0. The highest BCUT2D eigenvalue weighted by atomic mass is 16.7. The predicted molar refractivity (Wildman–Crippen MR) is 262 cm³/mol. The molecule has 0 unspecified atom stereocenters. The molecule has 5 aliphatic rings. The van der Waals surface area contributed by atoms with E-state index in [9.17, 15) is 39.3 Å². The third-order valence-electron chi connectivity index (χ3n) is 14.3. The first kappa shape index (κ1) is 53.9. The molecule has 4 aliphatic heterocycles. The number of piperidine rings is 1. The van der Waals surface area contributed by atoms with Crippen molar-refractivity contribution >= 4 is 35.1 Å². The zero-order valence-electron chi connectivity index (χ0n) is 42.8. The molecule has 4 heterocycles. The number of ether oxygens (including phenoxy) is 4. The Morgan fingerprint density at radius 3 is 2.31 bits per heavy atom. The lowest BCUT2D eigenvalue weighted by Gasteiger charge is -2.38. The van der Waals surface area contributed by atoms with Gasteiger partial charge < -0.3 is 60.0 Å². The third-order valence-corrected chi connectivity index (χ3v) is 14.3. The highest BCUT2D eigenvalue weighted by Gasteiger charge is 2.54. The fourth-order valence-electron chi connectivity index (χ4n) is 10.1. The van der Waals surface area contributed by atoms with Crippen molar-refractivity contribution in [3.63, 3.8) is 0 Å². The van der Waals surface area contributed by atoms with Gasteiger partial charge in [-0.1, -0.05) is 59.8 Å². The first-order valence-corrected chi connectivity index (χ1v) is 24.5. The molecule has 18 heteroatoms. The van der Waals surface area contributed by atoms with Crippen LogP contribution >= 0.6 is 0 Å². The summed E-state index contributed by atoms with van der Waals surface area (Å²) >= 11 is 0. The maximum atomic E-state index is 14.9. The largest absolute Gasteiger partial charge is 0.507 e. The van der Waals surface area contributed by atoms with Gasteiger partial charge in [0.25, 0.3) is 11.7 Å². The van der Waals surface area contributed by atoms with E-state index in [1.54, 1.807) is 46.8 Å². The molecule has 5 bridgehead atoms. The summed E-state index contributed by atoms with van der Waals surface area (Å²) in [5.74, 6) is -8.22. The second-order valence-electron chi connectivity index (χ2n) is 20.6. The summed E-state index contributed by atoms with van der Waals surface area (Å²) in [6.45, 7) is 19.1. The normalized spacial score (nSPS) is 31.0. The lowest BCUT2D eigenvalue weighted by molar-refractivity contribution is -0.164. The van der Waals surface area contributed by atoms with Gasteiger partial charge in [0.1, 0.15) is 35.4 Å². The number of aromatic hydroxyl groups is 1. The van der Waals surface area contributed by atoms with Crippen LogP contribution in [0.15, 0.2) is 52.5 Å². The Balaban J connectivity index is 1.41. The maximum Gasteiger partial charge on any atom is 0.315 e. The number of fused-ring (bicyclic) bond motifs is 3. The average molecular weight is 975 g/mol. The number of rotatable bonds is 10. The number of Topliss-reactive ketones (excluding diaryl/α,β-unsaturated/α-hetero) is 2. The Morgan fingerprint density at radius 1 is 0.986 bits per heavy atom. The summed E-state index contributed by atoms with van der Waals surface area (Å²) in [4.78, 5) is 79.5. The predicted octanol–water partition coefficient (Wildman–Crippen LogP) is 4.05. The summed E-state index contributed by atoms with van der Waals surface area (Å²) in [5, 5.41) is 44.4. The number of aliphatic imine (C=N–C) groups is 1. The van der Waals surface area contributed by atoms with Gasteiger partial charge in [0.2, 0.25) is 11.7 Å². The van der Waals surface area contributed by atoms with Crippen LogP contribution in [0.4, 0.5) is 0 Å². The number of nitrogens with zero attached hydrogens (tertiary/aromatic N) is 3. The van der Waals surface area contributed by atoms with Crippen LogP contribution in [0.25, 0.3) is 0 Å². The van der Waals surface area contributed by atoms with Gasteiger partial charge in [-0.05, 0) is 52.9 Å². The molecule has 9 atom stereocenters. The number of aliphatic hydroxyl groups excluding tert-OH is 2. The number of nitrogens with one attached hydrogen (secondary N) is 3. The van der Waals surface area contributed by atoms with Crippen molar-refractivity contribution in [3.8, 4) is 11.5 Å². The number of benzene rings is 1. The number of amides is 2. The summed E-state index contributed by atoms with van der Waals surface area (Å²) in [7, 11) is 5.27. The van der Waals surface area contributed by atoms with E-state index in [1.807, 2.05) is 19.0 Å². The van der Waals surface area contributed by atoms with E-state index < -0.39 is 101 Å². The van der Waals surface area contributed by atoms with Gasteiger partial charge in [0, 0.05) is 93.4 Å². The summed E-state index contributed by atoms with van der Waals surface area (Å²) < 4.78 is 24.4. The van der Waals surface area contributed by atoms with E-state index in [2.05, 4.69) is 34.7 Å². The molecule has 70 heavy (non-hydrogen) atoms. The van der Waals surface area contributed by atoms with Crippen LogP contribution in [0.2, 0.25) is 0 Å². The lowest BCUT2D eigenvalue weighted by atomic mass is 9.78. The molecule has 0 radical (unpaired) electrons. The second kappa shape index (κ2) is 21.9. The molecule has 1 aliphatic carbocycles. The van der Waals surface area contributed by atoms with Crippen LogP contribution in [0.5, 0.6) is 11.5 Å². The van der Waals surface area contributed by atoms with E-state index in [4.69, 9.17) is 23.9 Å². The van der Waals surface area contributed by atoms with E-state index in [-0.39, 0.29) is 50.7 Å². The minimum atomic E-state index is -2.03. The van der Waals surface area contributed by atoms with Gasteiger partial charge >= 0.3 is 11.8 Å². The molecule has 18 nitrogen and oxygen atoms in total. The second-order valence-corrected chi connectivity index (χ2v) is 20.6. The number of carbonyl (C=O) groups excluding carboxylic acids is 5. The number of methoxy groups -OCH3 is 1. The van der Waals surface area contributed by atoms with Crippen molar-refractivity contribution in [2.75, 3.05) is 53.9 Å². The lowest BCUT2D eigenvalue weighted by Crippen LogP contribution is -2.50. The van der Waals surface area contributed by atoms with E-state index >= 15 is 0 Å². The molecule has 1 saturated heterocycles. The standard InChI is InChI=1S/C52H74N6O12/c1-27(2)26-58-22-18-52(19-23-58)55-40-37-38-45(63)33(8)48-39(37)49(65)51(9,70-48)68-24-17-34(67-12)30(5)47(69-36(60)25-35(59)53-20-14-21-57(10)11)32(7)44(62)31(6)43(61)28(3)15-13-16-29(4)50(66)54-42(46(38)64)41(40)56-52/h13,15-17,24,27-28,30-32,34,43-44,47,56,61-63H,14,18-23,25-26H2,1-12H3,(H,53,59)(H,54,66)/b15-13+,24-17+,29-16-/t28-,30+,31+,32+,34-,43-,44+,47+,51-/m0/s1. The Kier molecular flexibility index (Phi) is 16.9. The van der Waals surface area contributed by atoms with Crippen LogP contribution in [-0.4, -0.2) is 150 Å². The fraction of sp³-hybridized carbons (Fsp3) is 0.615. The van der Waals surface area contributed by atoms with E-state index in [1.165, 1.54) is 39.4 Å². The van der Waals surface area contributed by atoms with Crippen molar-refractivity contribution in [1.82, 2.24) is 25.8 Å². The molecular formula is C52H74N6O12. The molecule has 0 aromatic heterocycles. The van der Waals surface area contributed by atoms with Gasteiger partial charge in [0.05, 0.1) is 47.1 Å². The minimum Gasteiger partial charge on any atom is -0.507 e. The molecule has 6 rings (SSSR count). The van der Waals surface area contributed by atoms with Gasteiger partial charge in [-0.15, -0.1) is 0 Å². The maximum absolute atomic E-state index is 14.9. The molecule has 1 fully saturated rings. The number of aliphatic hydroxyl groups is 2. The van der Waals surface area contributed by atoms with Crippen LogP contribution in [-0.2, 0) is 28.6 Å². The van der Waals surface area contributed by atoms with E-state index in [0.29, 0.717) is 44.8 Å². The summed E-state index contributed by atoms with van der Waals surface area (Å²) in [5.41, 5.74) is -0.406. The molecule has 6 N–H and O–H groups in total. The first-order valence-electron chi connectivity index (χ1n) is 24.5. The number of ketones is 2. The zero-order valence-corrected chi connectivity index (χ0v) is 42.8. The number of allylic oxidation sites excluding steroid dienone is 4. The van der Waals surface area contributed by atoms with Gasteiger partial charge in [-0.3, -0.25) is 29.0 Å². The van der Waals surface area contributed by atoms with Crippen molar-refractivity contribution in [2.45, 2.75) is 124 Å². The number of likely N-dealkylation sites (tertiary alicyclic amines) is 1. The smallest absolute Gasteiger partial charge is 0.315 e. The number of carbonyl (C=O) groups is 5. The fourth-order valence-corrected chi connectivity index (χ4v) is 10.1. The number of hydrogen-bond acceptors (Lipinski definition) is 16. The van der Waals surface area contributed by atoms with Crippen molar-refractivity contribution in [2.24, 2.45) is 34.6 Å². The summed E-state index contributed by atoms with van der Waals surface area (Å²) in [6.07, 6.45) is 4.48. The quantitative estimate of drug-likeness (QED) is 0.110. The molecule has 0 saturated carbocycles. The molecular weight excluding hydrogens is 901 g/mol. The monoisotopic (exact) mass is 975 g/mol. The van der Waals surface area contributed by atoms with Crippen LogP contribution in [0, 0.1) is 36.5 Å². The van der Waals surface area contributed by atoms with Crippen LogP contribution < -0.4 is 20.7 Å². The Bertz CT molecular complexity index is 2360. The zero-order chi connectivity index (χ0) is 51.6. The number of esters is 1. The Hall–Kier alpha value is -5.40. The third kappa shape index (κ3) is 11.2. The van der Waals surface area contributed by atoms with E-state index in [0.717, 1.165) is 13.1 Å². The Labute approximate surface area is 411 Å². The van der Waals surface area contributed by atoms with Gasteiger partial charge in [0.15, 0.2) is 0 Å². The minimum absolute atomic E-state index is 0.00185. The molecule has 1 aromatic carbocycles. The molecule has 384 valence electrons. The molecule has 2 amide bonds. The van der Waals surface area contributed by atoms with Crippen molar-refractivity contribution < 1.29 is 58.2 Å². The van der Waals surface area contributed by atoms with Gasteiger partial charge in [-0.25, -0.2) is 0 Å². The van der Waals surface area contributed by atoms with Crippen LogP contribution in [0.3, 0.4) is 0 Å². The van der Waals surface area contributed by atoms with Crippen molar-refractivity contribution in [1.29, 1.82) is 0 Å². The highest BCUT2D eigenvalue weighted by molar-refractivity contribution is 6.34. The average Bonchev–Trinajstić information content (AvgIpc) is 3.81. The number of phenols is 1.